The third-order valence-corrected chi connectivity index (χ3v) is 6.22. The van der Waals surface area contributed by atoms with Crippen LogP contribution >= 0.6 is 23.8 Å². The van der Waals surface area contributed by atoms with E-state index in [2.05, 4.69) is 10.7 Å². The molecule has 0 bridgehead atoms. The van der Waals surface area contributed by atoms with Crippen molar-refractivity contribution in [2.75, 3.05) is 10.2 Å². The van der Waals surface area contributed by atoms with Gasteiger partial charge in [-0.25, -0.2) is 5.01 Å². The van der Waals surface area contributed by atoms with Gasteiger partial charge in [0.25, 0.3) is 11.8 Å². The molecule has 3 amide bonds. The predicted octanol–water partition coefficient (Wildman–Crippen LogP) is 4.63. The van der Waals surface area contributed by atoms with E-state index in [0.717, 1.165) is 11.1 Å². The molecule has 1 unspecified atom stereocenters. The summed E-state index contributed by atoms with van der Waals surface area (Å²) in [5.74, 6) is -1.25. The van der Waals surface area contributed by atoms with E-state index in [4.69, 9.17) is 23.8 Å². The SMILES string of the molecule is Cc1ccc(NC(=O)CC2C(=O)N(c3ccc(Cl)cc3)C(=S)N2NC(=O)c2ccccc2)c(C)c1. The minimum absolute atomic E-state index is 0.0610. The van der Waals surface area contributed by atoms with E-state index in [1.54, 1.807) is 54.6 Å². The number of hydrogen-bond acceptors (Lipinski definition) is 4. The lowest BCUT2D eigenvalue weighted by atomic mass is 10.1. The summed E-state index contributed by atoms with van der Waals surface area (Å²) in [5, 5.41) is 4.70. The summed E-state index contributed by atoms with van der Waals surface area (Å²) in [7, 11) is 0. The molecule has 1 atom stereocenters. The van der Waals surface area contributed by atoms with Crippen LogP contribution in [0.3, 0.4) is 0 Å². The van der Waals surface area contributed by atoms with Crippen LogP contribution in [0.25, 0.3) is 0 Å². The number of nitrogens with zero attached hydrogens (tertiary/aromatic N) is 2. The van der Waals surface area contributed by atoms with Gasteiger partial charge in [0.2, 0.25) is 11.0 Å². The van der Waals surface area contributed by atoms with Crippen molar-refractivity contribution in [3.8, 4) is 0 Å². The molecule has 0 radical (unpaired) electrons. The van der Waals surface area contributed by atoms with Crippen molar-refractivity contribution in [3.63, 3.8) is 0 Å². The largest absolute Gasteiger partial charge is 0.326 e. The Hall–Kier alpha value is -3.75. The normalized spacial score (nSPS) is 15.3. The molecule has 35 heavy (non-hydrogen) atoms. The topological polar surface area (TPSA) is 81.8 Å². The Bertz CT molecular complexity index is 1300. The molecule has 1 fully saturated rings. The first-order valence-corrected chi connectivity index (χ1v) is 11.7. The van der Waals surface area contributed by atoms with Gasteiger partial charge in [-0.2, -0.15) is 0 Å². The molecular weight excluding hydrogens is 484 g/mol. The minimum atomic E-state index is -1.03. The molecule has 1 aliphatic rings. The second kappa shape index (κ2) is 10.2. The molecule has 2 N–H and O–H groups in total. The Labute approximate surface area is 213 Å². The fourth-order valence-electron chi connectivity index (χ4n) is 3.82. The lowest BCUT2D eigenvalue weighted by molar-refractivity contribution is -0.124. The maximum Gasteiger partial charge on any atom is 0.269 e. The fourth-order valence-corrected chi connectivity index (χ4v) is 4.32. The van der Waals surface area contributed by atoms with Gasteiger partial charge >= 0.3 is 0 Å². The van der Waals surface area contributed by atoms with Gasteiger partial charge in [0.15, 0.2) is 0 Å². The monoisotopic (exact) mass is 506 g/mol. The number of hydrazine groups is 1. The molecule has 1 aliphatic heterocycles. The predicted molar refractivity (Wildman–Crippen MR) is 140 cm³/mol. The van der Waals surface area contributed by atoms with Gasteiger partial charge in [0, 0.05) is 16.3 Å². The van der Waals surface area contributed by atoms with Crippen molar-refractivity contribution in [3.05, 3.63) is 94.5 Å². The van der Waals surface area contributed by atoms with Crippen molar-refractivity contribution in [1.82, 2.24) is 10.4 Å². The number of nitrogens with one attached hydrogen (secondary N) is 2. The molecule has 3 aromatic rings. The molecule has 0 aliphatic carbocycles. The second-order valence-corrected chi connectivity index (χ2v) is 9.00. The number of anilines is 2. The third-order valence-electron chi connectivity index (χ3n) is 5.59. The molecule has 0 saturated carbocycles. The number of aryl methyl sites for hydroxylation is 2. The number of carbonyl (C=O) groups is 3. The molecule has 9 heteroatoms. The Morgan fingerprint density at radius 1 is 1.00 bits per heavy atom. The first-order chi connectivity index (χ1) is 16.7. The van der Waals surface area contributed by atoms with Crippen LogP contribution in [-0.4, -0.2) is 33.9 Å². The van der Waals surface area contributed by atoms with Gasteiger partial charge in [-0.15, -0.1) is 0 Å². The van der Waals surface area contributed by atoms with Crippen molar-refractivity contribution < 1.29 is 14.4 Å². The molecule has 178 valence electrons. The summed E-state index contributed by atoms with van der Waals surface area (Å²) in [6.07, 6.45) is -0.217. The van der Waals surface area contributed by atoms with E-state index >= 15 is 0 Å². The van der Waals surface area contributed by atoms with Crippen LogP contribution in [-0.2, 0) is 9.59 Å². The molecule has 7 nitrogen and oxygen atoms in total. The number of rotatable bonds is 6. The van der Waals surface area contributed by atoms with E-state index in [9.17, 15) is 14.4 Å². The smallest absolute Gasteiger partial charge is 0.269 e. The number of amides is 3. The zero-order chi connectivity index (χ0) is 25.1. The lowest BCUT2D eigenvalue weighted by Gasteiger charge is -2.24. The van der Waals surface area contributed by atoms with Crippen molar-refractivity contribution in [2.24, 2.45) is 0 Å². The van der Waals surface area contributed by atoms with Crippen LogP contribution in [0.15, 0.2) is 72.8 Å². The summed E-state index contributed by atoms with van der Waals surface area (Å²) in [4.78, 5) is 40.6. The zero-order valence-electron chi connectivity index (χ0n) is 19.1. The van der Waals surface area contributed by atoms with Crippen molar-refractivity contribution in [1.29, 1.82) is 0 Å². The summed E-state index contributed by atoms with van der Waals surface area (Å²) in [6, 6.07) is 19.8. The van der Waals surface area contributed by atoms with Crippen LogP contribution in [0.4, 0.5) is 11.4 Å². The highest BCUT2D eigenvalue weighted by Gasteiger charge is 2.45. The molecule has 1 saturated heterocycles. The number of benzene rings is 3. The van der Waals surface area contributed by atoms with Crippen LogP contribution < -0.4 is 15.6 Å². The molecule has 3 aromatic carbocycles. The first-order valence-electron chi connectivity index (χ1n) is 10.9. The highest BCUT2D eigenvalue weighted by Crippen LogP contribution is 2.28. The Morgan fingerprint density at radius 3 is 2.34 bits per heavy atom. The van der Waals surface area contributed by atoms with Gasteiger partial charge in [-0.1, -0.05) is 47.5 Å². The average Bonchev–Trinajstić information content (AvgIpc) is 3.06. The highest BCUT2D eigenvalue weighted by atomic mass is 35.5. The minimum Gasteiger partial charge on any atom is -0.326 e. The number of carbonyl (C=O) groups excluding carboxylic acids is 3. The Balaban J connectivity index is 1.60. The summed E-state index contributed by atoms with van der Waals surface area (Å²) in [6.45, 7) is 3.86. The summed E-state index contributed by atoms with van der Waals surface area (Å²) >= 11 is 11.6. The number of thiocarbonyl (C=S) groups is 1. The third kappa shape index (κ3) is 5.34. The highest BCUT2D eigenvalue weighted by molar-refractivity contribution is 7.80. The summed E-state index contributed by atoms with van der Waals surface area (Å²) in [5.41, 5.74) is 6.23. The number of hydrogen-bond donors (Lipinski definition) is 2. The molecular formula is C26H23ClN4O3S. The van der Waals surface area contributed by atoms with Crippen molar-refractivity contribution in [2.45, 2.75) is 26.3 Å². The van der Waals surface area contributed by atoms with Crippen LogP contribution in [0.2, 0.25) is 5.02 Å². The molecule has 0 spiro atoms. The zero-order valence-corrected chi connectivity index (χ0v) is 20.7. The molecule has 0 aromatic heterocycles. The quantitative estimate of drug-likeness (QED) is 0.476. The van der Waals surface area contributed by atoms with E-state index in [-0.39, 0.29) is 17.4 Å². The fraction of sp³-hybridized carbons (Fsp3) is 0.154. The van der Waals surface area contributed by atoms with Gasteiger partial charge in [-0.3, -0.25) is 24.7 Å². The Kier molecular flexibility index (Phi) is 7.14. The lowest BCUT2D eigenvalue weighted by Crippen LogP contribution is -2.49. The Morgan fingerprint density at radius 2 is 1.69 bits per heavy atom. The molecule has 4 rings (SSSR count). The van der Waals surface area contributed by atoms with Gasteiger partial charge in [0.1, 0.15) is 6.04 Å². The summed E-state index contributed by atoms with van der Waals surface area (Å²) < 4.78 is 0. The van der Waals surface area contributed by atoms with E-state index < -0.39 is 17.9 Å². The first kappa shape index (κ1) is 24.4. The maximum atomic E-state index is 13.5. The van der Waals surface area contributed by atoms with Crippen LogP contribution in [0, 0.1) is 13.8 Å². The van der Waals surface area contributed by atoms with E-state index in [1.807, 2.05) is 32.0 Å². The van der Waals surface area contributed by atoms with Crippen LogP contribution in [0.1, 0.15) is 27.9 Å². The second-order valence-electron chi connectivity index (χ2n) is 8.20. The van der Waals surface area contributed by atoms with Gasteiger partial charge in [-0.05, 0) is 74.1 Å². The van der Waals surface area contributed by atoms with E-state index in [0.29, 0.717) is 22.0 Å². The van der Waals surface area contributed by atoms with Crippen molar-refractivity contribution >= 4 is 58.0 Å². The van der Waals surface area contributed by atoms with E-state index in [1.165, 1.54) is 9.91 Å². The molecule has 1 heterocycles. The van der Waals surface area contributed by atoms with Crippen LogP contribution in [0.5, 0.6) is 0 Å². The standard InChI is InChI=1S/C26H23ClN4O3S/c1-16-8-13-21(17(2)14-16)28-23(32)15-22-25(34)30(20-11-9-19(27)10-12-20)26(35)31(22)29-24(33)18-6-4-3-5-7-18/h3-14,22H,15H2,1-2H3,(H,28,32)(H,29,33). The number of halogens is 1. The maximum absolute atomic E-state index is 13.5. The van der Waals surface area contributed by atoms with Gasteiger partial charge in [0.05, 0.1) is 12.1 Å². The average molecular weight is 507 g/mol. The van der Waals surface area contributed by atoms with Gasteiger partial charge < -0.3 is 5.32 Å².